The molecule has 1 aromatic heterocycles. The van der Waals surface area contributed by atoms with Crippen molar-refractivity contribution in [1.29, 1.82) is 0 Å². The molecule has 1 aliphatic rings. The summed E-state index contributed by atoms with van der Waals surface area (Å²) in [5.41, 5.74) is 2.08. The molecule has 1 atom stereocenters. The van der Waals surface area contributed by atoms with Crippen molar-refractivity contribution < 1.29 is 14.4 Å². The smallest absolute Gasteiger partial charge is 0.324 e. The SMILES string of the molecule is CC(C)CCNC(=O)CC1NC(=O)N(CCc2c[nH]c3ccccc23)C1=O. The number of aromatic amines is 1. The summed E-state index contributed by atoms with van der Waals surface area (Å²) in [6.07, 6.45) is 3.33. The van der Waals surface area contributed by atoms with Gasteiger partial charge in [0.05, 0.1) is 6.42 Å². The number of para-hydroxylation sites is 1. The lowest BCUT2D eigenvalue weighted by Gasteiger charge is -2.13. The third-order valence-electron chi connectivity index (χ3n) is 4.82. The zero-order valence-electron chi connectivity index (χ0n) is 15.7. The van der Waals surface area contributed by atoms with Crippen LogP contribution in [-0.4, -0.2) is 46.9 Å². The summed E-state index contributed by atoms with van der Waals surface area (Å²) in [5, 5.41) is 6.51. The highest BCUT2D eigenvalue weighted by Gasteiger charge is 2.38. The minimum atomic E-state index is -0.778. The van der Waals surface area contributed by atoms with Crippen LogP contribution in [0.5, 0.6) is 0 Å². The van der Waals surface area contributed by atoms with Gasteiger partial charge in [-0.25, -0.2) is 4.79 Å². The number of H-pyrrole nitrogens is 1. The second kappa shape index (κ2) is 8.24. The average Bonchev–Trinajstić information content (AvgIpc) is 3.14. The molecule has 0 aliphatic carbocycles. The molecule has 2 heterocycles. The third-order valence-corrected chi connectivity index (χ3v) is 4.82. The third kappa shape index (κ3) is 4.48. The summed E-state index contributed by atoms with van der Waals surface area (Å²) in [5.74, 6) is -0.0512. The highest BCUT2D eigenvalue weighted by atomic mass is 16.2. The standard InChI is InChI=1S/C20H26N4O3/c1-13(2)7-9-21-18(25)11-17-19(26)24(20(27)23-17)10-8-14-12-22-16-6-4-3-5-15(14)16/h3-6,12-13,17,22H,7-11H2,1-2H3,(H,21,25)(H,23,27). The number of fused-ring (bicyclic) bond motifs is 1. The number of nitrogens with one attached hydrogen (secondary N) is 3. The van der Waals surface area contributed by atoms with Crippen molar-refractivity contribution in [3.05, 3.63) is 36.0 Å². The van der Waals surface area contributed by atoms with Crippen molar-refractivity contribution in [3.8, 4) is 0 Å². The maximum absolute atomic E-state index is 12.5. The summed E-state index contributed by atoms with van der Waals surface area (Å²) >= 11 is 0. The number of nitrogens with zero attached hydrogens (tertiary/aromatic N) is 1. The Hall–Kier alpha value is -2.83. The molecule has 1 unspecified atom stereocenters. The van der Waals surface area contributed by atoms with Crippen LogP contribution in [0.25, 0.3) is 10.9 Å². The first-order valence-corrected chi connectivity index (χ1v) is 9.39. The quantitative estimate of drug-likeness (QED) is 0.622. The first-order chi connectivity index (χ1) is 13.0. The lowest BCUT2D eigenvalue weighted by atomic mass is 10.1. The van der Waals surface area contributed by atoms with Crippen LogP contribution < -0.4 is 10.6 Å². The molecule has 144 valence electrons. The Morgan fingerprint density at radius 1 is 1.26 bits per heavy atom. The molecule has 3 rings (SSSR count). The number of rotatable bonds is 8. The Kier molecular flexibility index (Phi) is 5.78. The second-order valence-corrected chi connectivity index (χ2v) is 7.34. The van der Waals surface area contributed by atoms with Crippen LogP contribution in [0.15, 0.2) is 30.5 Å². The molecule has 7 heteroatoms. The van der Waals surface area contributed by atoms with Crippen LogP contribution >= 0.6 is 0 Å². The van der Waals surface area contributed by atoms with Gasteiger partial charge < -0.3 is 15.6 Å². The molecule has 27 heavy (non-hydrogen) atoms. The molecular formula is C20H26N4O3. The lowest BCUT2D eigenvalue weighted by Crippen LogP contribution is -2.37. The molecule has 1 aliphatic heterocycles. The molecule has 0 spiro atoms. The van der Waals surface area contributed by atoms with Gasteiger partial charge in [-0.15, -0.1) is 0 Å². The minimum Gasteiger partial charge on any atom is -0.361 e. The van der Waals surface area contributed by atoms with E-state index in [1.807, 2.05) is 30.5 Å². The molecule has 1 saturated heterocycles. The number of amides is 4. The van der Waals surface area contributed by atoms with E-state index in [2.05, 4.69) is 29.5 Å². The lowest BCUT2D eigenvalue weighted by molar-refractivity contribution is -0.130. The fourth-order valence-electron chi connectivity index (χ4n) is 3.26. The van der Waals surface area contributed by atoms with E-state index >= 15 is 0 Å². The summed E-state index contributed by atoms with van der Waals surface area (Å²) in [4.78, 5) is 41.1. The molecule has 1 fully saturated rings. The van der Waals surface area contributed by atoms with Crippen molar-refractivity contribution in [1.82, 2.24) is 20.5 Å². The summed E-state index contributed by atoms with van der Waals surface area (Å²) < 4.78 is 0. The van der Waals surface area contributed by atoms with Gasteiger partial charge in [0.1, 0.15) is 6.04 Å². The Balaban J connectivity index is 1.54. The van der Waals surface area contributed by atoms with Gasteiger partial charge in [-0.2, -0.15) is 0 Å². The Bertz CT molecular complexity index is 843. The van der Waals surface area contributed by atoms with Gasteiger partial charge in [-0.3, -0.25) is 14.5 Å². The average molecular weight is 370 g/mol. The number of hydrogen-bond acceptors (Lipinski definition) is 3. The molecule has 0 bridgehead atoms. The molecule has 1 aromatic carbocycles. The highest BCUT2D eigenvalue weighted by Crippen LogP contribution is 2.19. The van der Waals surface area contributed by atoms with Crippen molar-refractivity contribution in [2.24, 2.45) is 5.92 Å². The molecular weight excluding hydrogens is 344 g/mol. The van der Waals surface area contributed by atoms with Gasteiger partial charge in [0.15, 0.2) is 0 Å². The van der Waals surface area contributed by atoms with Crippen LogP contribution in [0.4, 0.5) is 4.79 Å². The van der Waals surface area contributed by atoms with E-state index in [4.69, 9.17) is 0 Å². The number of urea groups is 1. The maximum Gasteiger partial charge on any atom is 0.324 e. The number of aromatic nitrogens is 1. The fraction of sp³-hybridized carbons (Fsp3) is 0.450. The van der Waals surface area contributed by atoms with Crippen molar-refractivity contribution in [2.45, 2.75) is 39.2 Å². The monoisotopic (exact) mass is 370 g/mol. The predicted molar refractivity (Wildman–Crippen MR) is 103 cm³/mol. The van der Waals surface area contributed by atoms with Gasteiger partial charge in [0, 0.05) is 30.2 Å². The Morgan fingerprint density at radius 3 is 2.81 bits per heavy atom. The first-order valence-electron chi connectivity index (χ1n) is 9.39. The van der Waals surface area contributed by atoms with E-state index in [0.29, 0.717) is 18.9 Å². The van der Waals surface area contributed by atoms with Crippen molar-refractivity contribution in [3.63, 3.8) is 0 Å². The number of imide groups is 1. The molecule has 7 nitrogen and oxygen atoms in total. The predicted octanol–water partition coefficient (Wildman–Crippen LogP) is 2.18. The molecule has 2 aromatic rings. The van der Waals surface area contributed by atoms with Crippen LogP contribution in [0.1, 0.15) is 32.3 Å². The van der Waals surface area contributed by atoms with E-state index in [-0.39, 0.29) is 24.8 Å². The van der Waals surface area contributed by atoms with Crippen LogP contribution in [0.2, 0.25) is 0 Å². The van der Waals surface area contributed by atoms with Gasteiger partial charge >= 0.3 is 6.03 Å². The largest absolute Gasteiger partial charge is 0.361 e. The van der Waals surface area contributed by atoms with E-state index in [0.717, 1.165) is 22.9 Å². The molecule has 0 radical (unpaired) electrons. The topological polar surface area (TPSA) is 94.3 Å². The Morgan fingerprint density at radius 2 is 2.04 bits per heavy atom. The fourth-order valence-corrected chi connectivity index (χ4v) is 3.26. The number of carbonyl (C=O) groups excluding carboxylic acids is 3. The van der Waals surface area contributed by atoms with Crippen molar-refractivity contribution in [2.75, 3.05) is 13.1 Å². The summed E-state index contributed by atoms with van der Waals surface area (Å²) in [6, 6.07) is 6.70. The number of hydrogen-bond donors (Lipinski definition) is 3. The zero-order chi connectivity index (χ0) is 19.4. The van der Waals surface area contributed by atoms with Gasteiger partial charge in [-0.05, 0) is 30.4 Å². The second-order valence-electron chi connectivity index (χ2n) is 7.34. The molecule has 0 saturated carbocycles. The Labute approximate surface area is 158 Å². The van der Waals surface area contributed by atoms with Gasteiger partial charge in [0.25, 0.3) is 5.91 Å². The number of benzene rings is 1. The van der Waals surface area contributed by atoms with Crippen LogP contribution in [0, 0.1) is 5.92 Å². The van der Waals surface area contributed by atoms with E-state index < -0.39 is 12.1 Å². The van der Waals surface area contributed by atoms with Crippen LogP contribution in [-0.2, 0) is 16.0 Å². The van der Waals surface area contributed by atoms with Gasteiger partial charge in [0.2, 0.25) is 5.91 Å². The first kappa shape index (κ1) is 18.9. The van der Waals surface area contributed by atoms with Crippen LogP contribution in [0.3, 0.4) is 0 Å². The zero-order valence-corrected chi connectivity index (χ0v) is 15.7. The van der Waals surface area contributed by atoms with E-state index in [9.17, 15) is 14.4 Å². The van der Waals surface area contributed by atoms with E-state index in [1.54, 1.807) is 0 Å². The maximum atomic E-state index is 12.5. The van der Waals surface area contributed by atoms with E-state index in [1.165, 1.54) is 4.90 Å². The molecule has 3 N–H and O–H groups in total. The number of carbonyl (C=O) groups is 3. The highest BCUT2D eigenvalue weighted by molar-refractivity contribution is 6.05. The molecule has 4 amide bonds. The summed E-state index contributed by atoms with van der Waals surface area (Å²) in [6.45, 7) is 5.03. The van der Waals surface area contributed by atoms with Crippen molar-refractivity contribution >= 4 is 28.7 Å². The van der Waals surface area contributed by atoms with Gasteiger partial charge in [-0.1, -0.05) is 32.0 Å². The minimum absolute atomic E-state index is 0.0216. The normalized spacial score (nSPS) is 17.0. The summed E-state index contributed by atoms with van der Waals surface area (Å²) in [7, 11) is 0.